The van der Waals surface area contributed by atoms with E-state index in [4.69, 9.17) is 5.73 Å². The van der Waals surface area contributed by atoms with Gasteiger partial charge >= 0.3 is 0 Å². The lowest BCUT2D eigenvalue weighted by Gasteiger charge is -2.38. The van der Waals surface area contributed by atoms with E-state index in [-0.39, 0.29) is 17.6 Å². The Bertz CT molecular complexity index is 1270. The van der Waals surface area contributed by atoms with Crippen LogP contribution in [0.15, 0.2) is 48.7 Å². The van der Waals surface area contributed by atoms with Gasteiger partial charge in [-0.2, -0.15) is 0 Å². The number of carbonyl (C=O) groups is 3. The Morgan fingerprint density at radius 3 is 2.63 bits per heavy atom. The van der Waals surface area contributed by atoms with E-state index in [0.29, 0.717) is 25.1 Å². The van der Waals surface area contributed by atoms with Gasteiger partial charge in [0.1, 0.15) is 0 Å². The van der Waals surface area contributed by atoms with Crippen molar-refractivity contribution < 1.29 is 14.4 Å². The highest BCUT2D eigenvalue weighted by atomic mass is 16.2. The van der Waals surface area contributed by atoms with Crippen molar-refractivity contribution in [2.45, 2.75) is 58.2 Å². The first-order valence-electron chi connectivity index (χ1n) is 12.0. The van der Waals surface area contributed by atoms with Crippen LogP contribution in [0.4, 0.5) is 0 Å². The molecule has 2 atom stereocenters. The molecule has 3 aromatic rings. The fourth-order valence-electron chi connectivity index (χ4n) is 4.53. The SMILES string of the molecule is CCNC(=O)c1ccc2c(c1)CC(C(=O)C(C)c1c[nH]c3ccccc13)N(NC(=O)C(C)(C)N)C2. The highest BCUT2D eigenvalue weighted by Gasteiger charge is 2.37. The lowest BCUT2D eigenvalue weighted by Crippen LogP contribution is -2.60. The Morgan fingerprint density at radius 1 is 1.17 bits per heavy atom. The standard InChI is InChI=1S/C27H33N5O3/c1-5-29-25(34)17-10-11-18-15-32(31-26(35)27(3,4)28)23(13-19(18)12-17)24(33)16(2)21-14-30-22-9-7-6-8-20(21)22/h6-12,14,16,23,30H,5,13,15,28H2,1-4H3,(H,29,34)(H,31,35). The number of nitrogens with one attached hydrogen (secondary N) is 3. The number of aromatic nitrogens is 1. The molecule has 0 bridgehead atoms. The third kappa shape index (κ3) is 4.99. The van der Waals surface area contributed by atoms with Crippen LogP contribution in [0, 0.1) is 0 Å². The smallest absolute Gasteiger partial charge is 0.253 e. The predicted molar refractivity (Wildman–Crippen MR) is 136 cm³/mol. The minimum atomic E-state index is -1.10. The molecule has 1 aliphatic heterocycles. The van der Waals surface area contributed by atoms with Crippen LogP contribution in [0.2, 0.25) is 0 Å². The molecule has 8 nitrogen and oxygen atoms in total. The molecular formula is C27H33N5O3. The highest BCUT2D eigenvalue weighted by molar-refractivity contribution is 5.97. The van der Waals surface area contributed by atoms with Crippen LogP contribution in [-0.4, -0.2) is 45.7 Å². The Hall–Kier alpha value is -3.49. The van der Waals surface area contributed by atoms with Crippen LogP contribution in [-0.2, 0) is 22.6 Å². The summed E-state index contributed by atoms with van der Waals surface area (Å²) in [6, 6.07) is 12.8. The number of amides is 2. The zero-order valence-corrected chi connectivity index (χ0v) is 20.6. The number of rotatable bonds is 7. The number of hydrogen-bond donors (Lipinski definition) is 4. The van der Waals surface area contributed by atoms with Crippen LogP contribution >= 0.6 is 0 Å². The third-order valence-electron chi connectivity index (χ3n) is 6.61. The Morgan fingerprint density at radius 2 is 1.91 bits per heavy atom. The maximum absolute atomic E-state index is 13.9. The van der Waals surface area contributed by atoms with Crippen LogP contribution in [0.1, 0.15) is 60.7 Å². The number of carbonyl (C=O) groups excluding carboxylic acids is 3. The molecule has 0 aliphatic carbocycles. The normalized spacial score (nSPS) is 17.0. The minimum absolute atomic E-state index is 0.0149. The Labute approximate surface area is 205 Å². The largest absolute Gasteiger partial charge is 0.361 e. The zero-order chi connectivity index (χ0) is 25.3. The zero-order valence-electron chi connectivity index (χ0n) is 20.6. The molecule has 0 saturated heterocycles. The van der Waals surface area contributed by atoms with Crippen molar-refractivity contribution in [3.05, 3.63) is 70.9 Å². The average Bonchev–Trinajstić information content (AvgIpc) is 3.26. The summed E-state index contributed by atoms with van der Waals surface area (Å²) in [5, 5.41) is 5.51. The number of Topliss-reactive ketones (excluding diaryl/α,β-unsaturated/α-hetero) is 1. The Kier molecular flexibility index (Phi) is 6.78. The molecule has 8 heteroatoms. The number of nitrogens with two attached hydrogens (primary N) is 1. The van der Waals surface area contributed by atoms with Gasteiger partial charge in [0.05, 0.1) is 11.6 Å². The van der Waals surface area contributed by atoms with Crippen molar-refractivity contribution in [3.8, 4) is 0 Å². The lowest BCUT2D eigenvalue weighted by molar-refractivity contribution is -0.136. The van der Waals surface area contributed by atoms with Crippen molar-refractivity contribution in [1.29, 1.82) is 0 Å². The lowest BCUT2D eigenvalue weighted by atomic mass is 9.85. The molecule has 2 unspecified atom stereocenters. The highest BCUT2D eigenvalue weighted by Crippen LogP contribution is 2.31. The van der Waals surface area contributed by atoms with Crippen LogP contribution < -0.4 is 16.5 Å². The Balaban J connectivity index is 1.68. The van der Waals surface area contributed by atoms with Crippen molar-refractivity contribution in [2.24, 2.45) is 5.73 Å². The van der Waals surface area contributed by atoms with E-state index >= 15 is 0 Å². The van der Waals surface area contributed by atoms with E-state index in [0.717, 1.165) is 27.6 Å². The second-order valence-electron chi connectivity index (χ2n) is 9.77. The molecule has 2 heterocycles. The molecule has 2 aromatic carbocycles. The van der Waals surface area contributed by atoms with Crippen molar-refractivity contribution in [2.75, 3.05) is 6.54 Å². The first-order valence-corrected chi connectivity index (χ1v) is 12.0. The molecule has 0 fully saturated rings. The number of benzene rings is 2. The number of hydrogen-bond acceptors (Lipinski definition) is 5. The van der Waals surface area contributed by atoms with Gasteiger partial charge in [-0.05, 0) is 62.1 Å². The molecule has 0 spiro atoms. The second kappa shape index (κ2) is 9.64. The van der Waals surface area contributed by atoms with E-state index in [1.807, 2.05) is 56.4 Å². The summed E-state index contributed by atoms with van der Waals surface area (Å²) >= 11 is 0. The fraction of sp³-hybridized carbons (Fsp3) is 0.370. The van der Waals surface area contributed by atoms with Gasteiger partial charge in [0.2, 0.25) is 0 Å². The summed E-state index contributed by atoms with van der Waals surface area (Å²) in [4.78, 5) is 42.3. The van der Waals surface area contributed by atoms with E-state index in [2.05, 4.69) is 15.7 Å². The second-order valence-corrected chi connectivity index (χ2v) is 9.77. The molecule has 1 aliphatic rings. The molecule has 35 heavy (non-hydrogen) atoms. The maximum Gasteiger partial charge on any atom is 0.253 e. The minimum Gasteiger partial charge on any atom is -0.361 e. The number of para-hydroxylation sites is 1. The van der Waals surface area contributed by atoms with E-state index in [1.165, 1.54) is 0 Å². The number of aromatic amines is 1. The van der Waals surface area contributed by atoms with Crippen LogP contribution in [0.3, 0.4) is 0 Å². The monoisotopic (exact) mass is 475 g/mol. The summed E-state index contributed by atoms with van der Waals surface area (Å²) < 4.78 is 0. The number of nitrogens with zero attached hydrogens (tertiary/aromatic N) is 1. The number of H-pyrrole nitrogens is 1. The summed E-state index contributed by atoms with van der Waals surface area (Å²) in [5.74, 6) is -0.933. The molecule has 184 valence electrons. The molecule has 4 rings (SSSR count). The van der Waals surface area contributed by atoms with Gasteiger partial charge in [-0.15, -0.1) is 0 Å². The van der Waals surface area contributed by atoms with Crippen LogP contribution in [0.5, 0.6) is 0 Å². The van der Waals surface area contributed by atoms with E-state index in [1.54, 1.807) is 24.9 Å². The summed E-state index contributed by atoms with van der Waals surface area (Å²) in [6.07, 6.45) is 2.25. The maximum atomic E-state index is 13.9. The van der Waals surface area contributed by atoms with Gasteiger partial charge < -0.3 is 16.0 Å². The predicted octanol–water partition coefficient (Wildman–Crippen LogP) is 2.79. The molecule has 0 saturated carbocycles. The van der Waals surface area contributed by atoms with Crippen LogP contribution in [0.25, 0.3) is 10.9 Å². The summed E-state index contributed by atoms with van der Waals surface area (Å²) in [5.41, 5.74) is 12.1. The molecule has 0 radical (unpaired) electrons. The quantitative estimate of drug-likeness (QED) is 0.419. The number of fused-ring (bicyclic) bond motifs is 2. The average molecular weight is 476 g/mol. The topological polar surface area (TPSA) is 120 Å². The molecule has 5 N–H and O–H groups in total. The third-order valence-corrected chi connectivity index (χ3v) is 6.61. The van der Waals surface area contributed by atoms with Gasteiger partial charge in [-0.25, -0.2) is 5.01 Å². The fourth-order valence-corrected chi connectivity index (χ4v) is 4.53. The number of ketones is 1. The first kappa shape index (κ1) is 24.6. The first-order chi connectivity index (χ1) is 16.6. The van der Waals surface area contributed by atoms with Crippen molar-refractivity contribution in [3.63, 3.8) is 0 Å². The van der Waals surface area contributed by atoms with Gasteiger partial charge in [0.25, 0.3) is 11.8 Å². The van der Waals surface area contributed by atoms with Crippen molar-refractivity contribution >= 4 is 28.5 Å². The van der Waals surface area contributed by atoms with E-state index < -0.39 is 17.5 Å². The molecule has 1 aromatic heterocycles. The summed E-state index contributed by atoms with van der Waals surface area (Å²) in [6.45, 7) is 7.90. The molecular weight excluding hydrogens is 442 g/mol. The van der Waals surface area contributed by atoms with Gasteiger partial charge in [-0.3, -0.25) is 19.8 Å². The van der Waals surface area contributed by atoms with Gasteiger partial charge in [0.15, 0.2) is 5.78 Å². The van der Waals surface area contributed by atoms with Gasteiger partial charge in [0, 0.05) is 41.7 Å². The van der Waals surface area contributed by atoms with Gasteiger partial charge in [-0.1, -0.05) is 31.2 Å². The number of hydrazine groups is 1. The molecule has 2 amide bonds. The van der Waals surface area contributed by atoms with E-state index in [9.17, 15) is 14.4 Å². The van der Waals surface area contributed by atoms with Crippen molar-refractivity contribution in [1.82, 2.24) is 20.7 Å². The summed E-state index contributed by atoms with van der Waals surface area (Å²) in [7, 11) is 0.